The monoisotopic (exact) mass is 273 g/mol. The van der Waals surface area contributed by atoms with E-state index in [2.05, 4.69) is 15.3 Å². The Kier molecular flexibility index (Phi) is 4.90. The van der Waals surface area contributed by atoms with Crippen molar-refractivity contribution in [2.75, 3.05) is 11.9 Å². The van der Waals surface area contributed by atoms with Gasteiger partial charge in [-0.1, -0.05) is 24.3 Å². The van der Waals surface area contributed by atoms with Gasteiger partial charge in [-0.15, -0.1) is 0 Å². The predicted octanol–water partition coefficient (Wildman–Crippen LogP) is 2.29. The molecule has 0 aliphatic heterocycles. The summed E-state index contributed by atoms with van der Waals surface area (Å²) >= 11 is 0. The van der Waals surface area contributed by atoms with Crippen LogP contribution in [0.5, 0.6) is 5.88 Å². The molecule has 0 fully saturated rings. The molecule has 1 heterocycles. The molecule has 0 spiro atoms. The van der Waals surface area contributed by atoms with Gasteiger partial charge in [0.1, 0.15) is 12.1 Å². The highest BCUT2D eigenvalue weighted by Crippen LogP contribution is 2.20. The molecule has 0 amide bonds. The fourth-order valence-corrected chi connectivity index (χ4v) is 1.92. The van der Waals surface area contributed by atoms with E-state index in [0.29, 0.717) is 19.0 Å². The fourth-order valence-electron chi connectivity index (χ4n) is 1.92. The molecule has 0 atom stereocenters. The SMILES string of the molecule is CCOc1ncnc(NCc2cccc(CO)c2)c1C. The van der Waals surface area contributed by atoms with Gasteiger partial charge in [-0.05, 0) is 25.0 Å². The summed E-state index contributed by atoms with van der Waals surface area (Å²) in [6, 6.07) is 7.80. The van der Waals surface area contributed by atoms with E-state index in [1.807, 2.05) is 38.1 Å². The molecule has 5 heteroatoms. The molecule has 0 aliphatic rings. The molecule has 1 aromatic carbocycles. The van der Waals surface area contributed by atoms with Crippen molar-refractivity contribution >= 4 is 5.82 Å². The molecule has 2 rings (SSSR count). The molecule has 0 radical (unpaired) electrons. The van der Waals surface area contributed by atoms with Crippen molar-refractivity contribution in [2.45, 2.75) is 27.0 Å². The minimum absolute atomic E-state index is 0.0505. The van der Waals surface area contributed by atoms with Gasteiger partial charge in [0, 0.05) is 6.54 Å². The number of nitrogens with zero attached hydrogens (tertiary/aromatic N) is 2. The molecule has 0 saturated heterocycles. The Hall–Kier alpha value is -2.14. The number of nitrogens with one attached hydrogen (secondary N) is 1. The first kappa shape index (κ1) is 14.3. The second-order valence-electron chi connectivity index (χ2n) is 4.42. The maximum Gasteiger partial charge on any atom is 0.221 e. The first-order valence-corrected chi connectivity index (χ1v) is 6.61. The zero-order valence-corrected chi connectivity index (χ0v) is 11.8. The third-order valence-electron chi connectivity index (χ3n) is 2.95. The highest BCUT2D eigenvalue weighted by atomic mass is 16.5. The molecule has 106 valence electrons. The highest BCUT2D eigenvalue weighted by molar-refractivity contribution is 5.48. The number of anilines is 1. The van der Waals surface area contributed by atoms with Gasteiger partial charge < -0.3 is 15.2 Å². The van der Waals surface area contributed by atoms with Crippen molar-refractivity contribution in [3.05, 3.63) is 47.3 Å². The standard InChI is InChI=1S/C15H19N3O2/c1-3-20-15-11(2)14(17-10-18-15)16-8-12-5-4-6-13(7-12)9-19/h4-7,10,19H,3,8-9H2,1-2H3,(H,16,17,18). The number of benzene rings is 1. The van der Waals surface area contributed by atoms with E-state index in [-0.39, 0.29) is 6.61 Å². The normalized spacial score (nSPS) is 10.3. The molecular weight excluding hydrogens is 254 g/mol. The van der Waals surface area contributed by atoms with Crippen molar-refractivity contribution in [1.82, 2.24) is 9.97 Å². The van der Waals surface area contributed by atoms with E-state index in [0.717, 1.165) is 22.5 Å². The second-order valence-corrected chi connectivity index (χ2v) is 4.42. The van der Waals surface area contributed by atoms with Gasteiger partial charge in [-0.25, -0.2) is 9.97 Å². The van der Waals surface area contributed by atoms with Gasteiger partial charge in [0.25, 0.3) is 0 Å². The van der Waals surface area contributed by atoms with Crippen molar-refractivity contribution < 1.29 is 9.84 Å². The zero-order valence-electron chi connectivity index (χ0n) is 11.8. The molecule has 5 nitrogen and oxygen atoms in total. The van der Waals surface area contributed by atoms with Crippen LogP contribution in [0.2, 0.25) is 0 Å². The summed E-state index contributed by atoms with van der Waals surface area (Å²) in [6.45, 7) is 5.12. The first-order valence-electron chi connectivity index (χ1n) is 6.61. The van der Waals surface area contributed by atoms with Crippen molar-refractivity contribution in [1.29, 1.82) is 0 Å². The topological polar surface area (TPSA) is 67.3 Å². The Labute approximate surface area is 118 Å². The van der Waals surface area contributed by atoms with Gasteiger partial charge in [0.2, 0.25) is 5.88 Å². The number of aliphatic hydroxyl groups is 1. The van der Waals surface area contributed by atoms with Gasteiger partial charge in [-0.3, -0.25) is 0 Å². The Bertz CT molecular complexity index is 573. The largest absolute Gasteiger partial charge is 0.478 e. The maximum atomic E-state index is 9.13. The lowest BCUT2D eigenvalue weighted by molar-refractivity contribution is 0.281. The summed E-state index contributed by atoms with van der Waals surface area (Å²) in [5.74, 6) is 1.37. The van der Waals surface area contributed by atoms with Crippen LogP contribution in [-0.4, -0.2) is 21.7 Å². The van der Waals surface area contributed by atoms with Crippen LogP contribution in [0.15, 0.2) is 30.6 Å². The van der Waals surface area contributed by atoms with Crippen molar-refractivity contribution in [3.8, 4) is 5.88 Å². The van der Waals surface area contributed by atoms with Gasteiger partial charge in [0.15, 0.2) is 0 Å². The molecule has 0 unspecified atom stereocenters. The van der Waals surface area contributed by atoms with E-state index in [1.54, 1.807) is 0 Å². The van der Waals surface area contributed by atoms with Crippen LogP contribution < -0.4 is 10.1 Å². The van der Waals surface area contributed by atoms with Gasteiger partial charge in [0.05, 0.1) is 18.8 Å². The molecule has 0 saturated carbocycles. The van der Waals surface area contributed by atoms with Gasteiger partial charge in [-0.2, -0.15) is 0 Å². The Morgan fingerprint density at radius 3 is 2.80 bits per heavy atom. The van der Waals surface area contributed by atoms with Crippen LogP contribution in [0, 0.1) is 6.92 Å². The second kappa shape index (κ2) is 6.86. The fraction of sp³-hybridized carbons (Fsp3) is 0.333. The number of aliphatic hydroxyl groups excluding tert-OH is 1. The Morgan fingerprint density at radius 1 is 1.25 bits per heavy atom. The molecule has 2 N–H and O–H groups in total. The third-order valence-corrected chi connectivity index (χ3v) is 2.95. The average molecular weight is 273 g/mol. The summed E-state index contributed by atoms with van der Waals surface area (Å²) in [5, 5.41) is 12.4. The van der Waals surface area contributed by atoms with Crippen LogP contribution in [-0.2, 0) is 13.2 Å². The van der Waals surface area contributed by atoms with Crippen LogP contribution in [0.3, 0.4) is 0 Å². The number of hydrogen-bond acceptors (Lipinski definition) is 5. The lowest BCUT2D eigenvalue weighted by Crippen LogP contribution is -2.06. The molecule has 0 aliphatic carbocycles. The maximum absolute atomic E-state index is 9.13. The Balaban J connectivity index is 2.08. The first-order chi connectivity index (χ1) is 9.74. The highest BCUT2D eigenvalue weighted by Gasteiger charge is 2.07. The van der Waals surface area contributed by atoms with E-state index in [1.165, 1.54) is 6.33 Å². The van der Waals surface area contributed by atoms with E-state index < -0.39 is 0 Å². The van der Waals surface area contributed by atoms with E-state index in [9.17, 15) is 0 Å². The summed E-state index contributed by atoms with van der Waals surface area (Å²) in [7, 11) is 0. The smallest absolute Gasteiger partial charge is 0.221 e. The average Bonchev–Trinajstić information content (AvgIpc) is 2.48. The van der Waals surface area contributed by atoms with Crippen molar-refractivity contribution in [3.63, 3.8) is 0 Å². The zero-order chi connectivity index (χ0) is 14.4. The number of rotatable bonds is 6. The van der Waals surface area contributed by atoms with Crippen LogP contribution in [0.1, 0.15) is 23.6 Å². The van der Waals surface area contributed by atoms with Crippen LogP contribution >= 0.6 is 0 Å². The third kappa shape index (κ3) is 3.45. The predicted molar refractivity (Wildman–Crippen MR) is 77.6 cm³/mol. The summed E-state index contributed by atoms with van der Waals surface area (Å²) in [4.78, 5) is 8.33. The summed E-state index contributed by atoms with van der Waals surface area (Å²) < 4.78 is 5.44. The van der Waals surface area contributed by atoms with Crippen LogP contribution in [0.25, 0.3) is 0 Å². The number of aromatic nitrogens is 2. The molecule has 1 aromatic heterocycles. The van der Waals surface area contributed by atoms with Crippen LogP contribution in [0.4, 0.5) is 5.82 Å². The molecular formula is C15H19N3O2. The number of hydrogen-bond donors (Lipinski definition) is 2. The minimum Gasteiger partial charge on any atom is -0.478 e. The van der Waals surface area contributed by atoms with Crippen molar-refractivity contribution in [2.24, 2.45) is 0 Å². The van der Waals surface area contributed by atoms with E-state index >= 15 is 0 Å². The molecule has 2 aromatic rings. The quantitative estimate of drug-likeness (QED) is 0.845. The summed E-state index contributed by atoms with van der Waals surface area (Å²) in [5.41, 5.74) is 2.89. The van der Waals surface area contributed by atoms with E-state index in [4.69, 9.17) is 9.84 Å². The lowest BCUT2D eigenvalue weighted by atomic mass is 10.1. The molecule has 20 heavy (non-hydrogen) atoms. The summed E-state index contributed by atoms with van der Waals surface area (Å²) in [6.07, 6.45) is 1.49. The van der Waals surface area contributed by atoms with Gasteiger partial charge >= 0.3 is 0 Å². The lowest BCUT2D eigenvalue weighted by Gasteiger charge is -2.11. The number of ether oxygens (including phenoxy) is 1. The Morgan fingerprint density at radius 2 is 2.05 bits per heavy atom. The molecule has 0 bridgehead atoms. The minimum atomic E-state index is 0.0505.